The highest BCUT2D eigenvalue weighted by Gasteiger charge is 2.26. The monoisotopic (exact) mass is 622 g/mol. The van der Waals surface area contributed by atoms with Gasteiger partial charge in [-0.3, -0.25) is 0 Å². The van der Waals surface area contributed by atoms with E-state index in [0.29, 0.717) is 24.7 Å². The van der Waals surface area contributed by atoms with Gasteiger partial charge in [-0.15, -0.1) is 0 Å². The minimum absolute atomic E-state index is 0.0345. The molecule has 1 saturated heterocycles. The first kappa shape index (κ1) is 32.1. The molecule has 1 N–H and O–H groups in total. The molecule has 0 aromatic heterocycles. The second kappa shape index (κ2) is 13.9. The van der Waals surface area contributed by atoms with Crippen molar-refractivity contribution in [1.29, 1.82) is 0 Å². The molecule has 0 spiro atoms. The van der Waals surface area contributed by atoms with E-state index < -0.39 is 6.10 Å². The van der Waals surface area contributed by atoms with E-state index >= 15 is 0 Å². The van der Waals surface area contributed by atoms with Crippen LogP contribution >= 0.6 is 0 Å². The van der Waals surface area contributed by atoms with E-state index in [-0.39, 0.29) is 30.3 Å². The molecule has 6 nitrogen and oxygen atoms in total. The number of benzene rings is 4. The fraction of sp³-hybridized carbons (Fsp3) is 0.400. The van der Waals surface area contributed by atoms with Crippen molar-refractivity contribution >= 4 is 0 Å². The third-order valence-electron chi connectivity index (χ3n) is 9.21. The first-order valence-corrected chi connectivity index (χ1v) is 16.4. The standard InChI is InChI=1S/C40H46O6/c1-39(2,30-9-7-29(8-10-30)24-45-38-27-46-38)31-13-19-36(20-14-31)43-25-34(41)26-44-37-21-15-33(16-22-37)40(3,4)32-11-17-35(18-12-32)42-23-28-5-6-28/h7-22,28,34,38,41H,5-6,23-27H2,1-4H3. The van der Waals surface area contributed by atoms with Crippen LogP contribution in [0, 0.1) is 5.92 Å². The zero-order valence-corrected chi connectivity index (χ0v) is 27.4. The predicted octanol–water partition coefficient (Wildman–Crippen LogP) is 7.82. The van der Waals surface area contributed by atoms with Gasteiger partial charge in [0.1, 0.15) is 43.2 Å². The molecule has 1 saturated carbocycles. The molecule has 2 fully saturated rings. The Labute approximate surface area is 273 Å². The highest BCUT2D eigenvalue weighted by atomic mass is 16.8. The molecule has 2 aliphatic rings. The molecule has 2 atom stereocenters. The molecular formula is C40H46O6. The van der Waals surface area contributed by atoms with E-state index in [9.17, 15) is 5.11 Å². The molecule has 242 valence electrons. The predicted molar refractivity (Wildman–Crippen MR) is 180 cm³/mol. The molecule has 1 aliphatic heterocycles. The van der Waals surface area contributed by atoms with Crippen molar-refractivity contribution in [3.8, 4) is 17.2 Å². The Morgan fingerprint density at radius 1 is 0.630 bits per heavy atom. The molecular weight excluding hydrogens is 576 g/mol. The Morgan fingerprint density at radius 2 is 1.02 bits per heavy atom. The van der Waals surface area contributed by atoms with Crippen molar-refractivity contribution in [2.75, 3.05) is 26.4 Å². The number of epoxide rings is 1. The third kappa shape index (κ3) is 8.30. The zero-order valence-electron chi connectivity index (χ0n) is 27.4. The molecule has 6 heteroatoms. The maximum atomic E-state index is 10.5. The first-order chi connectivity index (χ1) is 22.2. The number of aliphatic hydroxyl groups is 1. The Balaban J connectivity index is 0.952. The molecule has 1 heterocycles. The quantitative estimate of drug-likeness (QED) is 0.129. The Hall–Kier alpha value is -3.84. The lowest BCUT2D eigenvalue weighted by atomic mass is 9.78. The van der Waals surface area contributed by atoms with E-state index in [1.165, 1.54) is 35.1 Å². The van der Waals surface area contributed by atoms with Gasteiger partial charge in [-0.25, -0.2) is 0 Å². The summed E-state index contributed by atoms with van der Waals surface area (Å²) in [4.78, 5) is 0. The summed E-state index contributed by atoms with van der Waals surface area (Å²) in [5.74, 6) is 3.10. The van der Waals surface area contributed by atoms with Gasteiger partial charge in [-0.1, -0.05) is 88.4 Å². The van der Waals surface area contributed by atoms with Gasteiger partial charge in [-0.2, -0.15) is 0 Å². The van der Waals surface area contributed by atoms with Crippen LogP contribution in [0.15, 0.2) is 97.1 Å². The van der Waals surface area contributed by atoms with Crippen molar-refractivity contribution in [3.63, 3.8) is 0 Å². The van der Waals surface area contributed by atoms with Crippen LogP contribution in [0.5, 0.6) is 17.2 Å². The van der Waals surface area contributed by atoms with Crippen LogP contribution in [0.3, 0.4) is 0 Å². The smallest absolute Gasteiger partial charge is 0.181 e. The van der Waals surface area contributed by atoms with Gasteiger partial charge in [0.05, 0.1) is 13.2 Å². The summed E-state index contributed by atoms with van der Waals surface area (Å²) in [5.41, 5.74) is 5.60. The molecule has 6 rings (SSSR count). The van der Waals surface area contributed by atoms with E-state index in [1.807, 2.05) is 24.3 Å². The summed E-state index contributed by atoms with van der Waals surface area (Å²) in [6.45, 7) is 11.2. The van der Waals surface area contributed by atoms with Crippen LogP contribution < -0.4 is 14.2 Å². The Bertz CT molecular complexity index is 1410. The summed E-state index contributed by atoms with van der Waals surface area (Å²) in [6.07, 6.45) is 1.78. The third-order valence-corrected chi connectivity index (χ3v) is 9.21. The van der Waals surface area contributed by atoms with Gasteiger partial charge in [-0.05, 0) is 83.0 Å². The fourth-order valence-corrected chi connectivity index (χ4v) is 5.51. The summed E-state index contributed by atoms with van der Waals surface area (Å²) in [7, 11) is 0. The molecule has 46 heavy (non-hydrogen) atoms. The van der Waals surface area contributed by atoms with Gasteiger partial charge in [0.2, 0.25) is 0 Å². The molecule has 4 aromatic rings. The second-order valence-corrected chi connectivity index (χ2v) is 13.6. The average Bonchev–Trinajstić information content (AvgIpc) is 4.01. The molecule has 1 aliphatic carbocycles. The SMILES string of the molecule is CC(C)(c1ccc(COC2CO2)cc1)c1ccc(OCC(O)COc2ccc(C(C)(C)c3ccc(OCC4CC4)cc3)cc2)cc1. The summed E-state index contributed by atoms with van der Waals surface area (Å²) >= 11 is 0. The Morgan fingerprint density at radius 3 is 1.41 bits per heavy atom. The van der Waals surface area contributed by atoms with Gasteiger partial charge in [0.25, 0.3) is 0 Å². The van der Waals surface area contributed by atoms with Crippen LogP contribution in [0.1, 0.15) is 68.4 Å². The van der Waals surface area contributed by atoms with Crippen LogP contribution in [-0.2, 0) is 26.9 Å². The van der Waals surface area contributed by atoms with E-state index in [2.05, 4.69) is 100 Å². The average molecular weight is 623 g/mol. The fourth-order valence-electron chi connectivity index (χ4n) is 5.51. The number of hydrogen-bond donors (Lipinski definition) is 1. The van der Waals surface area contributed by atoms with Crippen molar-refractivity contribution < 1.29 is 28.8 Å². The number of aliphatic hydroxyl groups excluding tert-OH is 1. The maximum Gasteiger partial charge on any atom is 0.181 e. The maximum absolute atomic E-state index is 10.5. The van der Waals surface area contributed by atoms with Crippen LogP contribution in [0.2, 0.25) is 0 Å². The van der Waals surface area contributed by atoms with Crippen molar-refractivity contribution in [3.05, 3.63) is 125 Å². The minimum Gasteiger partial charge on any atom is -0.493 e. The van der Waals surface area contributed by atoms with Gasteiger partial charge < -0.3 is 28.8 Å². The summed E-state index contributed by atoms with van der Waals surface area (Å²) in [5, 5.41) is 10.5. The highest BCUT2D eigenvalue weighted by molar-refractivity contribution is 5.43. The lowest BCUT2D eigenvalue weighted by Crippen LogP contribution is -2.25. The molecule has 2 unspecified atom stereocenters. The first-order valence-electron chi connectivity index (χ1n) is 16.4. The lowest BCUT2D eigenvalue weighted by molar-refractivity contribution is 0.0386. The van der Waals surface area contributed by atoms with Gasteiger partial charge in [0, 0.05) is 10.8 Å². The number of ether oxygens (including phenoxy) is 5. The molecule has 0 radical (unpaired) electrons. The van der Waals surface area contributed by atoms with Crippen LogP contribution in [0.25, 0.3) is 0 Å². The normalized spacial score (nSPS) is 16.9. The van der Waals surface area contributed by atoms with Crippen molar-refractivity contribution in [1.82, 2.24) is 0 Å². The molecule has 0 amide bonds. The summed E-state index contributed by atoms with van der Waals surface area (Å²) < 4.78 is 28.4. The van der Waals surface area contributed by atoms with Crippen LogP contribution in [-0.4, -0.2) is 43.9 Å². The molecule has 0 bridgehead atoms. The Kier molecular flexibility index (Phi) is 9.69. The van der Waals surface area contributed by atoms with Crippen molar-refractivity contribution in [2.24, 2.45) is 5.92 Å². The van der Waals surface area contributed by atoms with E-state index in [0.717, 1.165) is 23.8 Å². The second-order valence-electron chi connectivity index (χ2n) is 13.6. The lowest BCUT2D eigenvalue weighted by Gasteiger charge is -2.27. The van der Waals surface area contributed by atoms with Crippen LogP contribution in [0.4, 0.5) is 0 Å². The number of rotatable bonds is 16. The number of hydrogen-bond acceptors (Lipinski definition) is 6. The minimum atomic E-state index is -0.762. The van der Waals surface area contributed by atoms with Crippen molar-refractivity contribution in [2.45, 2.75) is 70.4 Å². The zero-order chi connectivity index (χ0) is 32.1. The van der Waals surface area contributed by atoms with Gasteiger partial charge in [0.15, 0.2) is 6.29 Å². The largest absolute Gasteiger partial charge is 0.493 e. The van der Waals surface area contributed by atoms with E-state index in [1.54, 1.807) is 0 Å². The topological polar surface area (TPSA) is 69.7 Å². The highest BCUT2D eigenvalue weighted by Crippen LogP contribution is 2.35. The van der Waals surface area contributed by atoms with E-state index in [4.69, 9.17) is 23.7 Å². The van der Waals surface area contributed by atoms with Gasteiger partial charge >= 0.3 is 0 Å². The molecule has 4 aromatic carbocycles. The summed E-state index contributed by atoms with van der Waals surface area (Å²) in [6, 6.07) is 33.2.